The van der Waals surface area contributed by atoms with Crippen LogP contribution in [0.2, 0.25) is 0 Å². The molecule has 1 aromatic rings. The fraction of sp³-hybridized carbons (Fsp3) is 0.636. The van der Waals surface area contributed by atoms with Crippen molar-refractivity contribution in [1.29, 1.82) is 0 Å². The summed E-state index contributed by atoms with van der Waals surface area (Å²) in [7, 11) is 0. The van der Waals surface area contributed by atoms with E-state index < -0.39 is 0 Å². The van der Waals surface area contributed by atoms with Crippen LogP contribution < -0.4 is 0 Å². The van der Waals surface area contributed by atoms with E-state index in [1.807, 2.05) is 23.1 Å². The number of piperidine rings is 1. The summed E-state index contributed by atoms with van der Waals surface area (Å²) in [5.41, 5.74) is 1.46. The molecule has 3 fully saturated rings. The molecule has 2 saturated heterocycles. The van der Waals surface area contributed by atoms with E-state index in [4.69, 9.17) is 0 Å². The van der Waals surface area contributed by atoms with Crippen molar-refractivity contribution < 1.29 is 9.59 Å². The normalized spacial score (nSPS) is 24.1. The second-order valence-electron chi connectivity index (χ2n) is 9.12. The van der Waals surface area contributed by atoms with Crippen LogP contribution in [0.1, 0.15) is 57.4 Å². The number of carbonyl (C=O) groups is 2. The van der Waals surface area contributed by atoms with Gasteiger partial charge in [0.25, 0.3) is 0 Å². The molecule has 4 heteroatoms. The van der Waals surface area contributed by atoms with Crippen LogP contribution in [0.3, 0.4) is 0 Å². The van der Waals surface area contributed by atoms with E-state index >= 15 is 0 Å². The van der Waals surface area contributed by atoms with E-state index in [9.17, 15) is 9.59 Å². The van der Waals surface area contributed by atoms with Crippen molar-refractivity contribution in [2.75, 3.05) is 26.2 Å². The highest BCUT2D eigenvalue weighted by atomic mass is 16.2. The van der Waals surface area contributed by atoms with Gasteiger partial charge >= 0.3 is 0 Å². The fourth-order valence-electron chi connectivity index (χ4n) is 4.53. The molecule has 4 rings (SSSR count). The molecule has 2 heterocycles. The van der Waals surface area contributed by atoms with Crippen molar-refractivity contribution in [1.82, 2.24) is 9.80 Å². The van der Waals surface area contributed by atoms with Gasteiger partial charge in [-0.05, 0) is 37.2 Å². The van der Waals surface area contributed by atoms with Crippen LogP contribution in [0.25, 0.3) is 0 Å². The SMILES string of the molecule is CC(CC(=O)N1CCC2(CC1)CN(C(=O)C1(C)CC1)C2)c1ccccc1. The van der Waals surface area contributed by atoms with E-state index in [1.54, 1.807) is 0 Å². The number of hydrogen-bond acceptors (Lipinski definition) is 2. The van der Waals surface area contributed by atoms with Crippen LogP contribution in [-0.4, -0.2) is 47.8 Å². The highest BCUT2D eigenvalue weighted by Crippen LogP contribution is 2.50. The molecule has 1 unspecified atom stereocenters. The molecule has 3 aliphatic rings. The molecule has 140 valence electrons. The van der Waals surface area contributed by atoms with Crippen LogP contribution in [0.15, 0.2) is 30.3 Å². The molecule has 0 bridgehead atoms. The minimum atomic E-state index is -0.0497. The van der Waals surface area contributed by atoms with Gasteiger partial charge in [-0.15, -0.1) is 0 Å². The van der Waals surface area contributed by atoms with Crippen LogP contribution in [0, 0.1) is 10.8 Å². The minimum absolute atomic E-state index is 0.0497. The lowest BCUT2D eigenvalue weighted by atomic mass is 9.71. The third-order valence-electron chi connectivity index (χ3n) is 6.88. The lowest BCUT2D eigenvalue weighted by Gasteiger charge is -2.54. The molecule has 1 aliphatic carbocycles. The average Bonchev–Trinajstić information content (AvgIpc) is 3.38. The molecule has 0 radical (unpaired) electrons. The third kappa shape index (κ3) is 3.26. The smallest absolute Gasteiger partial charge is 0.228 e. The van der Waals surface area contributed by atoms with E-state index in [0.29, 0.717) is 12.3 Å². The maximum absolute atomic E-state index is 12.7. The third-order valence-corrected chi connectivity index (χ3v) is 6.88. The molecule has 1 atom stereocenters. The number of likely N-dealkylation sites (tertiary alicyclic amines) is 2. The second kappa shape index (κ2) is 6.40. The van der Waals surface area contributed by atoms with Crippen molar-refractivity contribution in [2.24, 2.45) is 10.8 Å². The predicted octanol–water partition coefficient (Wildman–Crippen LogP) is 3.43. The van der Waals surface area contributed by atoms with Gasteiger partial charge in [-0.1, -0.05) is 44.2 Å². The molecule has 1 aromatic carbocycles. The van der Waals surface area contributed by atoms with Gasteiger partial charge in [0.1, 0.15) is 0 Å². The monoisotopic (exact) mass is 354 g/mol. The molecule has 0 aromatic heterocycles. The van der Waals surface area contributed by atoms with Gasteiger partial charge in [0.05, 0.1) is 0 Å². The van der Waals surface area contributed by atoms with E-state index in [-0.39, 0.29) is 22.7 Å². The summed E-state index contributed by atoms with van der Waals surface area (Å²) in [6, 6.07) is 10.3. The first kappa shape index (κ1) is 17.6. The fourth-order valence-corrected chi connectivity index (χ4v) is 4.53. The molecule has 2 amide bonds. The molecule has 4 nitrogen and oxygen atoms in total. The summed E-state index contributed by atoms with van der Waals surface area (Å²) in [6.07, 6.45) is 4.77. The Morgan fingerprint density at radius 2 is 1.62 bits per heavy atom. The van der Waals surface area contributed by atoms with Crippen molar-refractivity contribution in [2.45, 2.75) is 51.9 Å². The van der Waals surface area contributed by atoms with Gasteiger partial charge in [-0.3, -0.25) is 9.59 Å². The summed E-state index contributed by atoms with van der Waals surface area (Å²) < 4.78 is 0. The van der Waals surface area contributed by atoms with Crippen molar-refractivity contribution in [3.63, 3.8) is 0 Å². The van der Waals surface area contributed by atoms with Gasteiger partial charge < -0.3 is 9.80 Å². The van der Waals surface area contributed by atoms with Crippen molar-refractivity contribution >= 4 is 11.8 Å². The zero-order chi connectivity index (χ0) is 18.4. The molecule has 1 saturated carbocycles. The molecule has 2 aliphatic heterocycles. The van der Waals surface area contributed by atoms with Crippen LogP contribution in [0.4, 0.5) is 0 Å². The summed E-state index contributed by atoms with van der Waals surface area (Å²) in [5.74, 6) is 0.892. The molecule has 1 spiro atoms. The van der Waals surface area contributed by atoms with Gasteiger partial charge in [-0.2, -0.15) is 0 Å². The van der Waals surface area contributed by atoms with E-state index in [1.165, 1.54) is 5.56 Å². The van der Waals surface area contributed by atoms with Gasteiger partial charge in [0.15, 0.2) is 0 Å². The summed E-state index contributed by atoms with van der Waals surface area (Å²) in [4.78, 5) is 29.2. The van der Waals surface area contributed by atoms with E-state index in [2.05, 4.69) is 30.9 Å². The van der Waals surface area contributed by atoms with Crippen LogP contribution in [-0.2, 0) is 9.59 Å². The Bertz CT molecular complexity index is 679. The lowest BCUT2D eigenvalue weighted by molar-refractivity contribution is -0.154. The van der Waals surface area contributed by atoms with Crippen LogP contribution >= 0.6 is 0 Å². The number of benzene rings is 1. The highest BCUT2D eigenvalue weighted by Gasteiger charge is 2.54. The Balaban J connectivity index is 1.25. The quantitative estimate of drug-likeness (QED) is 0.831. The maximum atomic E-state index is 12.7. The largest absolute Gasteiger partial charge is 0.343 e. The minimum Gasteiger partial charge on any atom is -0.343 e. The first-order valence-electron chi connectivity index (χ1n) is 10.0. The Morgan fingerprint density at radius 1 is 1.00 bits per heavy atom. The Labute approximate surface area is 156 Å². The zero-order valence-corrected chi connectivity index (χ0v) is 16.0. The van der Waals surface area contributed by atoms with Crippen molar-refractivity contribution in [3.8, 4) is 0 Å². The maximum Gasteiger partial charge on any atom is 0.228 e. The molecular formula is C22H30N2O2. The Kier molecular flexibility index (Phi) is 4.32. The number of hydrogen-bond donors (Lipinski definition) is 0. The Hall–Kier alpha value is -1.84. The molecule has 0 N–H and O–H groups in total. The van der Waals surface area contributed by atoms with Crippen molar-refractivity contribution in [3.05, 3.63) is 35.9 Å². The zero-order valence-electron chi connectivity index (χ0n) is 16.0. The Morgan fingerprint density at radius 3 is 2.19 bits per heavy atom. The first-order valence-corrected chi connectivity index (χ1v) is 10.0. The van der Waals surface area contributed by atoms with Crippen LogP contribution in [0.5, 0.6) is 0 Å². The molecular weight excluding hydrogens is 324 g/mol. The summed E-state index contributed by atoms with van der Waals surface area (Å²) in [5, 5.41) is 0. The summed E-state index contributed by atoms with van der Waals surface area (Å²) in [6.45, 7) is 7.73. The predicted molar refractivity (Wildman–Crippen MR) is 102 cm³/mol. The number of carbonyl (C=O) groups excluding carboxylic acids is 2. The average molecular weight is 354 g/mol. The van der Waals surface area contributed by atoms with Gasteiger partial charge in [0.2, 0.25) is 11.8 Å². The van der Waals surface area contributed by atoms with Gasteiger partial charge in [0, 0.05) is 43.4 Å². The van der Waals surface area contributed by atoms with E-state index in [0.717, 1.165) is 51.9 Å². The number of rotatable bonds is 4. The summed E-state index contributed by atoms with van der Waals surface area (Å²) >= 11 is 0. The van der Waals surface area contributed by atoms with Gasteiger partial charge in [-0.25, -0.2) is 0 Å². The number of nitrogens with zero attached hydrogens (tertiary/aromatic N) is 2. The number of amides is 2. The molecule has 26 heavy (non-hydrogen) atoms. The first-order chi connectivity index (χ1) is 12.4. The lowest BCUT2D eigenvalue weighted by Crippen LogP contribution is -2.63. The topological polar surface area (TPSA) is 40.6 Å². The second-order valence-corrected chi connectivity index (χ2v) is 9.12. The standard InChI is InChI=1S/C22H30N2O2/c1-17(18-6-4-3-5-7-18)14-19(25)23-12-10-22(11-13-23)15-24(16-22)20(26)21(2)8-9-21/h3-7,17H,8-16H2,1-2H3. The highest BCUT2D eigenvalue weighted by molar-refractivity contribution is 5.85.